The van der Waals surface area contributed by atoms with Crippen molar-refractivity contribution in [2.75, 3.05) is 33.9 Å². The van der Waals surface area contributed by atoms with Gasteiger partial charge in [0.1, 0.15) is 0 Å². The third-order valence-electron chi connectivity index (χ3n) is 2.06. The van der Waals surface area contributed by atoms with Crippen LogP contribution in [0.2, 0.25) is 0 Å². The number of methoxy groups -OCH3 is 1. The van der Waals surface area contributed by atoms with Gasteiger partial charge >= 0.3 is 0 Å². The molecular formula is C9H17N3O4S. The maximum absolute atomic E-state index is 11.6. The quantitative estimate of drug-likeness (QED) is 0.589. The number of carbonyl (C=O) groups excluding carboxylic acids is 1. The Kier molecular flexibility index (Phi) is 6.72. The molecule has 0 aromatic rings. The molecule has 7 nitrogen and oxygen atoms in total. The van der Waals surface area contributed by atoms with E-state index in [1.165, 1.54) is 21.1 Å². The molecule has 0 radical (unpaired) electrons. The lowest BCUT2D eigenvalue weighted by Crippen LogP contribution is -2.42. The van der Waals surface area contributed by atoms with Gasteiger partial charge in [0, 0.05) is 20.7 Å². The molecule has 0 aliphatic rings. The summed E-state index contributed by atoms with van der Waals surface area (Å²) in [6.45, 7) is 1.64. The lowest BCUT2D eigenvalue weighted by atomic mass is 10.5. The highest BCUT2D eigenvalue weighted by Crippen LogP contribution is 2.04. The van der Waals surface area contributed by atoms with E-state index in [4.69, 9.17) is 10.00 Å². The van der Waals surface area contributed by atoms with E-state index in [9.17, 15) is 13.2 Å². The lowest BCUT2D eigenvalue weighted by molar-refractivity contribution is -0.121. The highest BCUT2D eigenvalue weighted by molar-refractivity contribution is 7.89. The molecule has 0 aromatic carbocycles. The van der Waals surface area contributed by atoms with E-state index in [2.05, 4.69) is 5.32 Å². The van der Waals surface area contributed by atoms with E-state index in [0.29, 0.717) is 13.2 Å². The Morgan fingerprint density at radius 2 is 2.18 bits per heavy atom. The molecule has 0 saturated heterocycles. The Morgan fingerprint density at radius 3 is 2.65 bits per heavy atom. The van der Waals surface area contributed by atoms with Crippen LogP contribution in [0.25, 0.3) is 0 Å². The second-order valence-corrected chi connectivity index (χ2v) is 5.78. The number of likely N-dealkylation sites (N-methyl/N-ethyl adjacent to an activating group) is 1. The first-order valence-electron chi connectivity index (χ1n) is 4.96. The molecule has 98 valence electrons. The minimum atomic E-state index is -3.73. The van der Waals surface area contributed by atoms with Gasteiger partial charge in [-0.15, -0.1) is 0 Å². The maximum atomic E-state index is 11.6. The summed E-state index contributed by atoms with van der Waals surface area (Å²) in [5.74, 6) is -0.432. The Balaban J connectivity index is 4.31. The predicted octanol–water partition coefficient (Wildman–Crippen LogP) is -1.08. The van der Waals surface area contributed by atoms with Gasteiger partial charge in [-0.1, -0.05) is 0 Å². The van der Waals surface area contributed by atoms with Gasteiger partial charge in [-0.2, -0.15) is 9.57 Å². The fourth-order valence-corrected chi connectivity index (χ4v) is 1.95. The number of rotatable bonds is 7. The zero-order valence-corrected chi connectivity index (χ0v) is 11.0. The summed E-state index contributed by atoms with van der Waals surface area (Å²) < 4.78 is 28.8. The first kappa shape index (κ1) is 15.8. The van der Waals surface area contributed by atoms with Crippen molar-refractivity contribution in [3.63, 3.8) is 0 Å². The van der Waals surface area contributed by atoms with Crippen LogP contribution in [0.3, 0.4) is 0 Å². The van der Waals surface area contributed by atoms with E-state index in [0.717, 1.165) is 4.31 Å². The summed E-state index contributed by atoms with van der Waals surface area (Å²) in [5.41, 5.74) is 0. The van der Waals surface area contributed by atoms with Gasteiger partial charge in [0.15, 0.2) is 5.25 Å². The average Bonchev–Trinajstić information content (AvgIpc) is 2.28. The van der Waals surface area contributed by atoms with Gasteiger partial charge in [-0.05, 0) is 6.92 Å². The first-order valence-corrected chi connectivity index (χ1v) is 6.47. The third-order valence-corrected chi connectivity index (χ3v) is 4.05. The van der Waals surface area contributed by atoms with Crippen LogP contribution in [0.4, 0.5) is 0 Å². The summed E-state index contributed by atoms with van der Waals surface area (Å²) in [6, 6.07) is 1.63. The smallest absolute Gasteiger partial charge is 0.235 e. The van der Waals surface area contributed by atoms with Crippen LogP contribution in [-0.2, 0) is 19.6 Å². The Labute approximate surface area is 101 Å². The van der Waals surface area contributed by atoms with Crippen molar-refractivity contribution in [1.29, 1.82) is 5.26 Å². The number of amides is 1. The molecule has 1 atom stereocenters. The number of hydrogen-bond acceptors (Lipinski definition) is 5. The summed E-state index contributed by atoms with van der Waals surface area (Å²) in [7, 11) is -0.974. The van der Waals surface area contributed by atoms with Crippen molar-refractivity contribution in [3.8, 4) is 6.07 Å². The molecule has 1 N–H and O–H groups in total. The van der Waals surface area contributed by atoms with Gasteiger partial charge in [-0.25, -0.2) is 8.42 Å². The van der Waals surface area contributed by atoms with Crippen molar-refractivity contribution in [2.24, 2.45) is 0 Å². The number of nitrogens with one attached hydrogen (secondary N) is 1. The molecule has 0 bridgehead atoms. The van der Waals surface area contributed by atoms with Crippen LogP contribution in [0.15, 0.2) is 0 Å². The summed E-state index contributed by atoms with van der Waals surface area (Å²) in [5, 5.41) is 9.88. The van der Waals surface area contributed by atoms with Crippen LogP contribution >= 0.6 is 0 Å². The van der Waals surface area contributed by atoms with Gasteiger partial charge < -0.3 is 10.1 Å². The summed E-state index contributed by atoms with van der Waals surface area (Å²) in [6.07, 6.45) is 0. The monoisotopic (exact) mass is 263 g/mol. The van der Waals surface area contributed by atoms with Crippen LogP contribution in [0.1, 0.15) is 6.92 Å². The number of ether oxygens (including phenoxy) is 1. The van der Waals surface area contributed by atoms with Crippen LogP contribution < -0.4 is 5.32 Å². The molecule has 17 heavy (non-hydrogen) atoms. The SMILES string of the molecule is COCCNC(=O)CN(C)S(=O)(=O)C(C)C#N. The highest BCUT2D eigenvalue weighted by Gasteiger charge is 2.26. The van der Waals surface area contributed by atoms with Crippen LogP contribution in [0, 0.1) is 11.3 Å². The first-order chi connectivity index (χ1) is 7.86. The number of nitriles is 1. The molecule has 0 fully saturated rings. The van der Waals surface area contributed by atoms with Crippen molar-refractivity contribution in [2.45, 2.75) is 12.2 Å². The molecule has 8 heteroatoms. The number of sulfonamides is 1. The zero-order valence-electron chi connectivity index (χ0n) is 10.1. The number of hydrogen-bond donors (Lipinski definition) is 1. The van der Waals surface area contributed by atoms with Crippen LogP contribution in [-0.4, -0.2) is 57.7 Å². The fourth-order valence-electron chi connectivity index (χ4n) is 0.977. The van der Waals surface area contributed by atoms with Gasteiger partial charge in [0.2, 0.25) is 15.9 Å². The van der Waals surface area contributed by atoms with Gasteiger partial charge in [-0.3, -0.25) is 4.79 Å². The lowest BCUT2D eigenvalue weighted by Gasteiger charge is -2.17. The minimum Gasteiger partial charge on any atom is -0.383 e. The highest BCUT2D eigenvalue weighted by atomic mass is 32.2. The summed E-state index contributed by atoms with van der Waals surface area (Å²) >= 11 is 0. The topological polar surface area (TPSA) is 99.5 Å². The second-order valence-electron chi connectivity index (χ2n) is 3.42. The molecule has 0 aliphatic carbocycles. The molecule has 0 rings (SSSR count). The molecular weight excluding hydrogens is 246 g/mol. The van der Waals surface area contributed by atoms with E-state index in [-0.39, 0.29) is 6.54 Å². The number of carbonyl (C=O) groups is 1. The molecule has 0 aliphatic heterocycles. The Bertz CT molecular complexity index is 388. The average molecular weight is 263 g/mol. The third kappa shape index (κ3) is 5.12. The molecule has 0 saturated carbocycles. The molecule has 0 spiro atoms. The van der Waals surface area contributed by atoms with Crippen molar-refractivity contribution < 1.29 is 17.9 Å². The molecule has 0 aromatic heterocycles. The largest absolute Gasteiger partial charge is 0.383 e. The van der Waals surface area contributed by atoms with Gasteiger partial charge in [0.25, 0.3) is 0 Å². The summed E-state index contributed by atoms with van der Waals surface area (Å²) in [4.78, 5) is 11.3. The van der Waals surface area contributed by atoms with E-state index in [1.54, 1.807) is 6.07 Å². The molecule has 0 heterocycles. The number of nitrogens with zero attached hydrogens (tertiary/aromatic N) is 2. The van der Waals surface area contributed by atoms with E-state index < -0.39 is 21.2 Å². The Hall–Kier alpha value is -1.17. The van der Waals surface area contributed by atoms with Crippen molar-refractivity contribution in [3.05, 3.63) is 0 Å². The second kappa shape index (κ2) is 7.21. The minimum absolute atomic E-state index is 0.307. The standard InChI is InChI=1S/C9H17N3O4S/c1-8(6-10)17(14,15)12(2)7-9(13)11-4-5-16-3/h8H,4-5,7H2,1-3H3,(H,11,13). The maximum Gasteiger partial charge on any atom is 0.235 e. The van der Waals surface area contributed by atoms with E-state index >= 15 is 0 Å². The molecule has 1 unspecified atom stereocenters. The fraction of sp³-hybridized carbons (Fsp3) is 0.778. The van der Waals surface area contributed by atoms with Crippen molar-refractivity contribution >= 4 is 15.9 Å². The zero-order chi connectivity index (χ0) is 13.5. The van der Waals surface area contributed by atoms with Gasteiger partial charge in [0.05, 0.1) is 19.2 Å². The normalized spacial score (nSPS) is 13.1. The predicted molar refractivity (Wildman–Crippen MR) is 61.5 cm³/mol. The van der Waals surface area contributed by atoms with Crippen LogP contribution in [0.5, 0.6) is 0 Å². The van der Waals surface area contributed by atoms with Crippen molar-refractivity contribution in [1.82, 2.24) is 9.62 Å². The van der Waals surface area contributed by atoms with E-state index in [1.807, 2.05) is 0 Å². The Morgan fingerprint density at radius 1 is 1.59 bits per heavy atom. The molecule has 1 amide bonds.